The van der Waals surface area contributed by atoms with Crippen molar-refractivity contribution in [2.24, 2.45) is 0 Å². The van der Waals surface area contributed by atoms with E-state index < -0.39 is 11.2 Å². The van der Waals surface area contributed by atoms with Gasteiger partial charge < -0.3 is 5.32 Å². The molecule has 3 nitrogen and oxygen atoms in total. The number of carbonyl (C=O) groups is 1. The number of carbonyl (C=O) groups excluding carboxylic acids is 1. The highest BCUT2D eigenvalue weighted by Crippen LogP contribution is 2.37. The van der Waals surface area contributed by atoms with E-state index in [4.69, 9.17) is 0 Å². The van der Waals surface area contributed by atoms with Gasteiger partial charge in [-0.3, -0.25) is 4.79 Å². The van der Waals surface area contributed by atoms with E-state index in [2.05, 4.69) is 10.3 Å². The molecular formula is C19H15F3N2OS. The number of thiazole rings is 1. The largest absolute Gasteiger partial charge is 0.443 e. The van der Waals surface area contributed by atoms with Gasteiger partial charge in [0.15, 0.2) is 5.01 Å². The van der Waals surface area contributed by atoms with Gasteiger partial charge in [0.1, 0.15) is 0 Å². The van der Waals surface area contributed by atoms with Gasteiger partial charge in [0.2, 0.25) is 0 Å². The molecule has 2 aromatic carbocycles. The summed E-state index contributed by atoms with van der Waals surface area (Å²) in [4.78, 5) is 16.5. The molecule has 7 heteroatoms. The predicted octanol–water partition coefficient (Wildman–Crippen LogP) is 5.70. The number of aromatic nitrogens is 1. The highest BCUT2D eigenvalue weighted by molar-refractivity contribution is 7.12. The topological polar surface area (TPSA) is 42.0 Å². The van der Waals surface area contributed by atoms with Gasteiger partial charge in [0, 0.05) is 21.7 Å². The Morgan fingerprint density at radius 2 is 1.69 bits per heavy atom. The van der Waals surface area contributed by atoms with Crippen LogP contribution in [-0.2, 0) is 6.18 Å². The van der Waals surface area contributed by atoms with Crippen molar-refractivity contribution < 1.29 is 18.0 Å². The van der Waals surface area contributed by atoms with Crippen molar-refractivity contribution in [3.63, 3.8) is 0 Å². The number of alkyl halides is 3. The maximum absolute atomic E-state index is 12.8. The average Bonchev–Trinajstić information content (AvgIpc) is 2.98. The molecule has 134 valence electrons. The molecule has 3 aromatic rings. The second-order valence-corrected chi connectivity index (χ2v) is 6.97. The Balaban J connectivity index is 1.80. The highest BCUT2D eigenvalue weighted by Gasteiger charge is 2.35. The predicted molar refractivity (Wildman–Crippen MR) is 96.4 cm³/mol. The summed E-state index contributed by atoms with van der Waals surface area (Å²) in [5.74, 6) is -0.236. The van der Waals surface area contributed by atoms with Crippen molar-refractivity contribution in [1.82, 2.24) is 4.98 Å². The lowest BCUT2D eigenvalue weighted by atomic mass is 10.1. The molecule has 1 N–H and O–H groups in total. The van der Waals surface area contributed by atoms with Crippen LogP contribution >= 0.6 is 11.3 Å². The van der Waals surface area contributed by atoms with Crippen LogP contribution in [0.5, 0.6) is 0 Å². The zero-order valence-corrected chi connectivity index (χ0v) is 14.8. The number of anilines is 1. The first-order chi connectivity index (χ1) is 12.3. The number of aryl methyl sites for hydroxylation is 2. The molecule has 0 radical (unpaired) electrons. The van der Waals surface area contributed by atoms with E-state index in [-0.39, 0.29) is 5.91 Å². The molecule has 0 aliphatic carbocycles. The van der Waals surface area contributed by atoms with E-state index in [1.807, 2.05) is 19.1 Å². The first-order valence-corrected chi connectivity index (χ1v) is 8.59. The Morgan fingerprint density at radius 3 is 2.27 bits per heavy atom. The summed E-state index contributed by atoms with van der Waals surface area (Å²) in [5.41, 5.74) is 2.87. The summed E-state index contributed by atoms with van der Waals surface area (Å²) in [6.45, 7) is 3.46. The average molecular weight is 376 g/mol. The van der Waals surface area contributed by atoms with Gasteiger partial charge in [0.05, 0.1) is 5.69 Å². The van der Waals surface area contributed by atoms with E-state index in [0.29, 0.717) is 38.7 Å². The monoisotopic (exact) mass is 376 g/mol. The van der Waals surface area contributed by atoms with Gasteiger partial charge >= 0.3 is 6.18 Å². The lowest BCUT2D eigenvalue weighted by Gasteiger charge is -2.08. The van der Waals surface area contributed by atoms with E-state index in [1.165, 1.54) is 0 Å². The van der Waals surface area contributed by atoms with Gasteiger partial charge in [-0.15, -0.1) is 11.3 Å². The van der Waals surface area contributed by atoms with Gasteiger partial charge in [-0.2, -0.15) is 13.2 Å². The molecule has 0 saturated carbocycles. The molecule has 26 heavy (non-hydrogen) atoms. The molecular weight excluding hydrogens is 361 g/mol. The Hall–Kier alpha value is -2.67. The molecule has 1 heterocycles. The zero-order valence-electron chi connectivity index (χ0n) is 14.0. The van der Waals surface area contributed by atoms with E-state index in [0.717, 1.165) is 5.56 Å². The van der Waals surface area contributed by atoms with E-state index in [9.17, 15) is 18.0 Å². The van der Waals surface area contributed by atoms with Crippen LogP contribution in [0.4, 0.5) is 18.9 Å². The number of nitrogens with one attached hydrogen (secondary N) is 1. The van der Waals surface area contributed by atoms with Crippen LogP contribution in [0, 0.1) is 13.8 Å². The van der Waals surface area contributed by atoms with E-state index in [1.54, 1.807) is 43.3 Å². The third-order valence-corrected chi connectivity index (χ3v) is 4.86. The van der Waals surface area contributed by atoms with Crippen LogP contribution in [0.15, 0.2) is 48.5 Å². The molecule has 0 unspecified atom stereocenters. The molecule has 3 rings (SSSR count). The third kappa shape index (κ3) is 3.77. The maximum Gasteiger partial charge on any atom is 0.443 e. The fourth-order valence-electron chi connectivity index (χ4n) is 2.52. The van der Waals surface area contributed by atoms with Gasteiger partial charge in [-0.25, -0.2) is 4.98 Å². The second-order valence-electron chi connectivity index (χ2n) is 5.77. The number of hydrogen-bond acceptors (Lipinski definition) is 3. The zero-order chi connectivity index (χ0) is 18.9. The molecule has 1 aromatic heterocycles. The Kier molecular flexibility index (Phi) is 4.82. The van der Waals surface area contributed by atoms with E-state index >= 15 is 0 Å². The number of nitrogens with zero attached hydrogens (tertiary/aromatic N) is 1. The summed E-state index contributed by atoms with van der Waals surface area (Å²) < 4.78 is 38.4. The summed E-state index contributed by atoms with van der Waals surface area (Å²) in [5, 5.41) is 1.93. The van der Waals surface area contributed by atoms with Gasteiger partial charge in [-0.1, -0.05) is 30.3 Å². The number of benzene rings is 2. The molecule has 0 aliphatic heterocycles. The number of hydrogen-bond donors (Lipinski definition) is 1. The molecule has 0 aliphatic rings. The molecule has 1 amide bonds. The van der Waals surface area contributed by atoms with Crippen molar-refractivity contribution in [2.75, 3.05) is 5.32 Å². The van der Waals surface area contributed by atoms with Crippen molar-refractivity contribution in [3.05, 3.63) is 69.5 Å². The Bertz CT molecular complexity index is 946. The second kappa shape index (κ2) is 6.92. The maximum atomic E-state index is 12.8. The Labute approximate surface area is 152 Å². The minimum atomic E-state index is -4.45. The summed E-state index contributed by atoms with van der Waals surface area (Å²) in [6, 6.07) is 13.8. The quantitative estimate of drug-likeness (QED) is 0.637. The fraction of sp³-hybridized carbons (Fsp3) is 0.158. The highest BCUT2D eigenvalue weighted by atomic mass is 32.1. The third-order valence-electron chi connectivity index (χ3n) is 3.84. The molecule has 0 fully saturated rings. The van der Waals surface area contributed by atoms with Crippen molar-refractivity contribution >= 4 is 22.9 Å². The van der Waals surface area contributed by atoms with Gasteiger partial charge in [-0.05, 0) is 37.6 Å². The molecule has 0 atom stereocenters. The molecule has 0 spiro atoms. The summed E-state index contributed by atoms with van der Waals surface area (Å²) in [7, 11) is 0. The smallest absolute Gasteiger partial charge is 0.322 e. The van der Waals surface area contributed by atoms with Crippen molar-refractivity contribution in [3.8, 4) is 11.3 Å². The number of amides is 1. The summed E-state index contributed by atoms with van der Waals surface area (Å²) in [6.07, 6.45) is -4.45. The first kappa shape index (κ1) is 18.1. The fourth-order valence-corrected chi connectivity index (χ4v) is 3.33. The number of rotatable bonds is 3. The lowest BCUT2D eigenvalue weighted by molar-refractivity contribution is -0.137. The normalized spacial score (nSPS) is 11.4. The van der Waals surface area contributed by atoms with Crippen LogP contribution in [0.1, 0.15) is 25.8 Å². The number of halogens is 3. The van der Waals surface area contributed by atoms with Crippen LogP contribution < -0.4 is 5.32 Å². The van der Waals surface area contributed by atoms with Crippen LogP contribution in [0.3, 0.4) is 0 Å². The SMILES string of the molecule is Cc1ccccc1C(=O)Nc1ccc(-c2nc(C(F)(F)F)sc2C)cc1. The minimum Gasteiger partial charge on any atom is -0.322 e. The molecule has 0 saturated heterocycles. The Morgan fingerprint density at radius 1 is 1.04 bits per heavy atom. The lowest BCUT2D eigenvalue weighted by Crippen LogP contribution is -2.13. The van der Waals surface area contributed by atoms with Crippen LogP contribution in [0.25, 0.3) is 11.3 Å². The van der Waals surface area contributed by atoms with Gasteiger partial charge in [0.25, 0.3) is 5.91 Å². The van der Waals surface area contributed by atoms with Crippen molar-refractivity contribution in [2.45, 2.75) is 20.0 Å². The first-order valence-electron chi connectivity index (χ1n) is 7.78. The minimum absolute atomic E-state index is 0.236. The van der Waals surface area contributed by atoms with Crippen LogP contribution in [0.2, 0.25) is 0 Å². The van der Waals surface area contributed by atoms with Crippen LogP contribution in [-0.4, -0.2) is 10.9 Å². The standard InChI is InChI=1S/C19H15F3N2OS/c1-11-5-3-4-6-15(11)17(25)23-14-9-7-13(8-10-14)16-12(2)26-18(24-16)19(20,21)22/h3-10H,1-2H3,(H,23,25). The van der Waals surface area contributed by atoms with Crippen molar-refractivity contribution in [1.29, 1.82) is 0 Å². The summed E-state index contributed by atoms with van der Waals surface area (Å²) >= 11 is 0.624. The molecule has 0 bridgehead atoms.